The molecule has 0 aromatic heterocycles. The van der Waals surface area contributed by atoms with Crippen LogP contribution in [0.2, 0.25) is 58.9 Å². The molecule has 0 saturated carbocycles. The quantitative estimate of drug-likeness (QED) is 0.352. The summed E-state index contributed by atoms with van der Waals surface area (Å²) in [7, 11) is 0.361. The van der Waals surface area contributed by atoms with E-state index in [1.807, 2.05) is 0 Å². The molecule has 0 aromatic carbocycles. The van der Waals surface area contributed by atoms with Crippen LogP contribution in [-0.2, 0) is 0 Å². The van der Waals surface area contributed by atoms with E-state index in [9.17, 15) is 0 Å². The van der Waals surface area contributed by atoms with Gasteiger partial charge < -0.3 is 0 Å². The van der Waals surface area contributed by atoms with Gasteiger partial charge in [-0.15, -0.1) is 0 Å². The Bertz CT molecular complexity index is 147. The zero-order chi connectivity index (χ0) is 17.7. The summed E-state index contributed by atoms with van der Waals surface area (Å²) in [6, 6.07) is 0. The van der Waals surface area contributed by atoms with Gasteiger partial charge in [-0.3, -0.25) is 0 Å². The average molecular weight is 403 g/mol. The molecule has 0 spiro atoms. The number of allylic oxidation sites excluding steroid dienone is 1. The van der Waals surface area contributed by atoms with E-state index < -0.39 is 0 Å². The molecular formula is C17H42GeSi3. The first-order chi connectivity index (χ1) is 9.61. The molecule has 0 aromatic rings. The van der Waals surface area contributed by atoms with Gasteiger partial charge in [0.1, 0.15) is 0 Å². The summed E-state index contributed by atoms with van der Waals surface area (Å²) in [5.41, 5.74) is 0. The number of hydrogen-bond acceptors (Lipinski definition) is 0. The molecule has 6 radical (unpaired) electrons. The Morgan fingerprint density at radius 3 is 1.24 bits per heavy atom. The number of rotatable bonds is 5. The molecule has 0 aliphatic carbocycles. The van der Waals surface area contributed by atoms with E-state index in [2.05, 4.69) is 93.3 Å². The van der Waals surface area contributed by atoms with Crippen molar-refractivity contribution in [2.75, 3.05) is 0 Å². The Hall–Kier alpha value is 0.934. The van der Waals surface area contributed by atoms with E-state index in [4.69, 9.17) is 0 Å². The van der Waals surface area contributed by atoms with Crippen molar-refractivity contribution in [3.05, 3.63) is 11.0 Å². The van der Waals surface area contributed by atoms with Crippen LogP contribution in [0.4, 0.5) is 0 Å². The smallest absolute Gasteiger partial charge is 0.0379 e. The molecule has 21 heavy (non-hydrogen) atoms. The number of hydrogen-bond donors (Lipinski definition) is 0. The van der Waals surface area contributed by atoms with E-state index >= 15 is 0 Å². The fourth-order valence-corrected chi connectivity index (χ4v) is 1.12. The summed E-state index contributed by atoms with van der Waals surface area (Å²) in [6.07, 6.45) is 9.04. The maximum atomic E-state index is 2.27. The number of unbranched alkanes of at least 4 members (excludes halogenated alkanes) is 4. The molecule has 0 amide bonds. The molecule has 0 aliphatic heterocycles. The Kier molecular flexibility index (Phi) is 41.3. The summed E-state index contributed by atoms with van der Waals surface area (Å²) in [6.45, 7) is 22.7. The first-order valence-electron chi connectivity index (χ1n) is 8.24. The van der Waals surface area contributed by atoms with Crippen LogP contribution in [0, 0.1) is 0 Å². The minimum Gasteiger partial charge on any atom is -0.0715 e. The second-order valence-corrected chi connectivity index (χ2v) is 16.5. The van der Waals surface area contributed by atoms with Crippen LogP contribution in [0.25, 0.3) is 0 Å². The standard InChI is InChI=1S/C8H15Ge.3C3H9Si/c1-2-3-4-5-6-7-8-9;3*1-4(2)3/h7-8H,2-6H2,1H3;3*1-3H3. The summed E-state index contributed by atoms with van der Waals surface area (Å²) in [5.74, 6) is 0. The van der Waals surface area contributed by atoms with E-state index in [1.54, 1.807) is 0 Å². The van der Waals surface area contributed by atoms with Gasteiger partial charge >= 0.3 is 66.5 Å². The Balaban J connectivity index is -0.000000102. The van der Waals surface area contributed by atoms with E-state index in [1.165, 1.54) is 32.1 Å². The molecule has 126 valence electrons. The second kappa shape index (κ2) is 29.0. The van der Waals surface area contributed by atoms with Crippen molar-refractivity contribution in [2.24, 2.45) is 0 Å². The molecule has 4 heteroatoms. The van der Waals surface area contributed by atoms with Crippen molar-refractivity contribution >= 4 is 42.9 Å². The van der Waals surface area contributed by atoms with Crippen molar-refractivity contribution in [3.8, 4) is 0 Å². The third-order valence-corrected chi connectivity index (χ3v) is 1.84. The third-order valence-electron chi connectivity index (χ3n) is 1.34. The van der Waals surface area contributed by atoms with Crippen LogP contribution < -0.4 is 0 Å². The Labute approximate surface area is 151 Å². The van der Waals surface area contributed by atoms with Gasteiger partial charge in [0.2, 0.25) is 0 Å². The molecule has 0 saturated heterocycles. The average Bonchev–Trinajstić information content (AvgIpc) is 2.26. The van der Waals surface area contributed by atoms with Gasteiger partial charge in [0.05, 0.1) is 0 Å². The molecule has 0 N–H and O–H groups in total. The fraction of sp³-hybridized carbons (Fsp3) is 0.882. The summed E-state index contributed by atoms with van der Waals surface area (Å²) in [5, 5.41) is 0. The van der Waals surface area contributed by atoms with Crippen LogP contribution >= 0.6 is 0 Å². The zero-order valence-electron chi connectivity index (χ0n) is 16.7. The van der Waals surface area contributed by atoms with Gasteiger partial charge in [-0.25, -0.2) is 0 Å². The predicted molar refractivity (Wildman–Crippen MR) is 114 cm³/mol. The monoisotopic (exact) mass is 404 g/mol. The zero-order valence-corrected chi connectivity index (χ0v) is 21.8. The van der Waals surface area contributed by atoms with E-state index in [-0.39, 0.29) is 26.4 Å². The van der Waals surface area contributed by atoms with Crippen molar-refractivity contribution in [3.63, 3.8) is 0 Å². The van der Waals surface area contributed by atoms with Gasteiger partial charge in [-0.2, -0.15) is 0 Å². The Morgan fingerprint density at radius 1 is 0.667 bits per heavy atom. The van der Waals surface area contributed by atoms with Crippen LogP contribution in [0.3, 0.4) is 0 Å². The maximum Gasteiger partial charge on any atom is 0.0379 e. The molecule has 0 aliphatic rings. The van der Waals surface area contributed by atoms with Crippen molar-refractivity contribution in [2.45, 2.75) is 98.0 Å². The molecule has 0 rings (SSSR count). The first kappa shape index (κ1) is 29.9. The summed E-state index contributed by atoms with van der Waals surface area (Å²) >= 11 is 2.08. The summed E-state index contributed by atoms with van der Waals surface area (Å²) in [4.78, 5) is 2.13. The maximum absolute atomic E-state index is 2.27. The fourth-order valence-electron chi connectivity index (χ4n) is 0.772. The molecular weight excluding hydrogens is 361 g/mol. The molecule has 0 bridgehead atoms. The van der Waals surface area contributed by atoms with Crippen LogP contribution in [0.5, 0.6) is 0 Å². The van der Waals surface area contributed by atoms with Crippen LogP contribution in [-0.4, -0.2) is 42.9 Å². The normalized spacial score (nSPS) is 9.81. The largest absolute Gasteiger partial charge is 0.0715 e. The SMILES string of the molecule is CCCCCCC=[CH][Ge].C[Si](C)C.C[Si](C)C.C[Si](C)C. The first-order valence-corrected chi connectivity index (χ1v) is 18.4. The molecule has 0 heterocycles. The second-order valence-electron chi connectivity index (χ2n) is 6.75. The minimum absolute atomic E-state index is 0.120. The Morgan fingerprint density at radius 2 is 1.00 bits per heavy atom. The van der Waals surface area contributed by atoms with Crippen molar-refractivity contribution in [1.29, 1.82) is 0 Å². The van der Waals surface area contributed by atoms with E-state index in [0.717, 1.165) is 0 Å². The van der Waals surface area contributed by atoms with Crippen LogP contribution in [0.1, 0.15) is 39.0 Å². The van der Waals surface area contributed by atoms with Gasteiger partial charge in [0.25, 0.3) is 0 Å². The van der Waals surface area contributed by atoms with Crippen molar-refractivity contribution in [1.82, 2.24) is 0 Å². The molecule has 0 fully saturated rings. The molecule has 0 unspecified atom stereocenters. The van der Waals surface area contributed by atoms with Crippen LogP contribution in [0.15, 0.2) is 11.0 Å². The summed E-state index contributed by atoms with van der Waals surface area (Å²) < 4.78 is 0. The van der Waals surface area contributed by atoms with Gasteiger partial charge in [0, 0.05) is 26.4 Å². The minimum atomic E-state index is 0.120. The third kappa shape index (κ3) is 156. The molecule has 0 nitrogen and oxygen atoms in total. The van der Waals surface area contributed by atoms with Gasteiger partial charge in [-0.05, 0) is 0 Å². The van der Waals surface area contributed by atoms with Gasteiger partial charge in [-0.1, -0.05) is 58.9 Å². The predicted octanol–water partition coefficient (Wildman–Crippen LogP) is 6.75. The van der Waals surface area contributed by atoms with E-state index in [0.29, 0.717) is 0 Å². The van der Waals surface area contributed by atoms with Crippen molar-refractivity contribution < 1.29 is 0 Å². The van der Waals surface area contributed by atoms with Gasteiger partial charge in [0.15, 0.2) is 0 Å². The topological polar surface area (TPSA) is 0 Å². The molecule has 0 atom stereocenters.